The Kier molecular flexibility index (Phi) is 9.84. The van der Waals surface area contributed by atoms with E-state index >= 15 is 0 Å². The highest BCUT2D eigenvalue weighted by molar-refractivity contribution is 7.90. The van der Waals surface area contributed by atoms with Crippen molar-refractivity contribution in [2.24, 2.45) is 11.2 Å². The van der Waals surface area contributed by atoms with E-state index in [9.17, 15) is 36.4 Å². The van der Waals surface area contributed by atoms with E-state index in [0.717, 1.165) is 35.6 Å². The van der Waals surface area contributed by atoms with Gasteiger partial charge in [0.15, 0.2) is 5.69 Å². The molecule has 0 radical (unpaired) electrons. The minimum absolute atomic E-state index is 0.0442. The Morgan fingerprint density at radius 3 is 2.31 bits per heavy atom. The third kappa shape index (κ3) is 8.20. The number of nitrogens with zero attached hydrogens (tertiary/aromatic N) is 5. The van der Waals surface area contributed by atoms with Crippen molar-refractivity contribution in [2.75, 3.05) is 20.2 Å². The van der Waals surface area contributed by atoms with Crippen molar-refractivity contribution in [3.8, 4) is 16.9 Å². The van der Waals surface area contributed by atoms with Crippen LogP contribution < -0.4 is 4.72 Å². The summed E-state index contributed by atoms with van der Waals surface area (Å²) in [5.41, 5.74) is 0.590. The fourth-order valence-corrected chi connectivity index (χ4v) is 5.39. The summed E-state index contributed by atoms with van der Waals surface area (Å²) in [6.45, 7) is 3.23. The van der Waals surface area contributed by atoms with Gasteiger partial charge < -0.3 is 14.7 Å². The van der Waals surface area contributed by atoms with Crippen molar-refractivity contribution >= 4 is 22.1 Å². The van der Waals surface area contributed by atoms with E-state index in [1.54, 1.807) is 24.3 Å². The Balaban J connectivity index is 1.41. The largest absolute Gasteiger partial charge is 0.569 e. The normalized spacial score (nSPS) is 15.3. The molecule has 1 N–H and O–H groups in total. The molecule has 4 rings (SSSR count). The SMILES string of the molecule is COC(=O)OC(C)O/N=[N+](\[O-])N1CCC(C(=O)NS(=O)(=O)c2ccc(-n3nc(C(F)(F)F)cc3-c3ccc(C)cc3)cc2)CC1. The zero-order chi connectivity index (χ0) is 32.9. The van der Waals surface area contributed by atoms with Crippen molar-refractivity contribution in [3.63, 3.8) is 0 Å². The predicted octanol–water partition coefficient (Wildman–Crippen LogP) is 4.32. The molecule has 45 heavy (non-hydrogen) atoms. The average molecular weight is 655 g/mol. The third-order valence-corrected chi connectivity index (χ3v) is 8.11. The Hall–Kier alpha value is -4.87. The molecule has 0 saturated carbocycles. The topological polar surface area (TPSA) is 167 Å². The van der Waals surface area contributed by atoms with Gasteiger partial charge in [-0.1, -0.05) is 29.8 Å². The highest BCUT2D eigenvalue weighted by Gasteiger charge is 2.35. The molecule has 2 aromatic carbocycles. The van der Waals surface area contributed by atoms with Crippen LogP contribution in [0.5, 0.6) is 0 Å². The Labute approximate surface area is 255 Å². The van der Waals surface area contributed by atoms with Crippen LogP contribution in [0, 0.1) is 18.0 Å². The Morgan fingerprint density at radius 1 is 1.11 bits per heavy atom. The molecule has 0 bridgehead atoms. The second-order valence-corrected chi connectivity index (χ2v) is 11.6. The molecule has 1 amide bonds. The van der Waals surface area contributed by atoms with Gasteiger partial charge in [0.25, 0.3) is 16.3 Å². The van der Waals surface area contributed by atoms with E-state index in [-0.39, 0.29) is 47.2 Å². The van der Waals surface area contributed by atoms with E-state index in [2.05, 4.69) is 19.8 Å². The van der Waals surface area contributed by atoms with Gasteiger partial charge in [0.1, 0.15) is 0 Å². The summed E-state index contributed by atoms with van der Waals surface area (Å²) in [5, 5.41) is 20.4. The van der Waals surface area contributed by atoms with Gasteiger partial charge in [-0.2, -0.15) is 18.3 Å². The molecule has 3 aromatic rings. The van der Waals surface area contributed by atoms with Crippen molar-refractivity contribution in [3.05, 3.63) is 71.1 Å². The van der Waals surface area contributed by atoms with Gasteiger partial charge in [0.05, 0.1) is 41.4 Å². The van der Waals surface area contributed by atoms with E-state index < -0.39 is 46.2 Å². The summed E-state index contributed by atoms with van der Waals surface area (Å²) < 4.78 is 78.4. The van der Waals surface area contributed by atoms with Crippen LogP contribution in [-0.2, 0) is 35.3 Å². The van der Waals surface area contributed by atoms with Crippen LogP contribution in [0.2, 0.25) is 0 Å². The molecule has 1 saturated heterocycles. The Morgan fingerprint density at radius 2 is 1.73 bits per heavy atom. The maximum atomic E-state index is 13.5. The summed E-state index contributed by atoms with van der Waals surface area (Å²) in [4.78, 5) is 28.4. The number of methoxy groups -OCH3 is 1. The smallest absolute Gasteiger partial charge is 0.511 e. The first-order valence-corrected chi connectivity index (χ1v) is 14.9. The summed E-state index contributed by atoms with van der Waals surface area (Å²) in [5.74, 6) is -1.53. The highest BCUT2D eigenvalue weighted by atomic mass is 32.2. The quantitative estimate of drug-likeness (QED) is 0.115. The number of rotatable bonds is 9. The summed E-state index contributed by atoms with van der Waals surface area (Å²) in [6, 6.07) is 12.6. The number of piperidine rings is 1. The first-order chi connectivity index (χ1) is 21.2. The number of amides is 1. The zero-order valence-corrected chi connectivity index (χ0v) is 25.0. The zero-order valence-electron chi connectivity index (χ0n) is 24.2. The first kappa shape index (κ1) is 33.0. The lowest BCUT2D eigenvalue weighted by molar-refractivity contribution is -0.715. The van der Waals surface area contributed by atoms with E-state index in [1.807, 2.05) is 11.6 Å². The lowest BCUT2D eigenvalue weighted by Crippen LogP contribution is -2.44. The molecule has 2 heterocycles. The lowest BCUT2D eigenvalue weighted by Gasteiger charge is -2.27. The van der Waals surface area contributed by atoms with E-state index in [4.69, 9.17) is 4.84 Å². The van der Waals surface area contributed by atoms with Crippen LogP contribution in [0.1, 0.15) is 31.0 Å². The Bertz CT molecular complexity index is 1650. The number of ether oxygens (including phenoxy) is 2. The second-order valence-electron chi connectivity index (χ2n) is 9.96. The fourth-order valence-electron chi connectivity index (χ4n) is 4.35. The number of halogens is 3. The number of benzene rings is 2. The fraction of sp³-hybridized carbons (Fsp3) is 0.370. The molecule has 1 fully saturated rings. The monoisotopic (exact) mass is 654 g/mol. The number of carbonyl (C=O) groups is 2. The number of aryl methyl sites for hydroxylation is 1. The summed E-state index contributed by atoms with van der Waals surface area (Å²) in [7, 11) is -3.24. The minimum Gasteiger partial charge on any atom is -0.569 e. The number of hydrazine groups is 1. The molecule has 0 aliphatic carbocycles. The number of hydrogen-bond acceptors (Lipinski definition) is 10. The van der Waals surface area contributed by atoms with Gasteiger partial charge in [0.2, 0.25) is 11.2 Å². The molecule has 1 aliphatic rings. The van der Waals surface area contributed by atoms with Crippen LogP contribution in [0.15, 0.2) is 64.8 Å². The van der Waals surface area contributed by atoms with Gasteiger partial charge in [-0.05, 0) is 50.1 Å². The summed E-state index contributed by atoms with van der Waals surface area (Å²) in [6.07, 6.45) is -6.71. The van der Waals surface area contributed by atoms with Gasteiger partial charge >= 0.3 is 12.3 Å². The number of alkyl halides is 3. The van der Waals surface area contributed by atoms with Crippen LogP contribution in [0.4, 0.5) is 18.0 Å². The number of hydrogen-bond donors (Lipinski definition) is 1. The van der Waals surface area contributed by atoms with Crippen molar-refractivity contribution in [2.45, 2.75) is 44.1 Å². The maximum absolute atomic E-state index is 13.5. The molecular weight excluding hydrogens is 625 g/mol. The molecule has 1 aromatic heterocycles. The maximum Gasteiger partial charge on any atom is 0.511 e. The van der Waals surface area contributed by atoms with Gasteiger partial charge in [-0.25, -0.2) is 22.6 Å². The van der Waals surface area contributed by atoms with Gasteiger partial charge in [0, 0.05) is 18.4 Å². The molecule has 1 atom stereocenters. The van der Waals surface area contributed by atoms with Crippen molar-refractivity contribution < 1.29 is 50.5 Å². The van der Waals surface area contributed by atoms with Crippen molar-refractivity contribution in [1.82, 2.24) is 19.5 Å². The average Bonchev–Trinajstić information content (AvgIpc) is 3.46. The third-order valence-electron chi connectivity index (χ3n) is 6.75. The molecule has 0 spiro atoms. The molecular formula is C27H29F3N6O8S. The molecule has 1 aliphatic heterocycles. The number of carbonyl (C=O) groups excluding carboxylic acids is 2. The molecule has 242 valence electrons. The van der Waals surface area contributed by atoms with Gasteiger partial charge in [-0.15, -0.1) is 5.01 Å². The second kappa shape index (κ2) is 13.4. The number of aromatic nitrogens is 2. The lowest BCUT2D eigenvalue weighted by atomic mass is 9.97. The van der Waals surface area contributed by atoms with Crippen LogP contribution in [-0.4, -0.2) is 66.7 Å². The van der Waals surface area contributed by atoms with Crippen LogP contribution in [0.25, 0.3) is 16.9 Å². The van der Waals surface area contributed by atoms with Gasteiger partial charge in [-0.3, -0.25) is 9.63 Å². The highest BCUT2D eigenvalue weighted by Crippen LogP contribution is 2.33. The predicted molar refractivity (Wildman–Crippen MR) is 148 cm³/mol. The van der Waals surface area contributed by atoms with E-state index in [1.165, 1.54) is 24.1 Å². The van der Waals surface area contributed by atoms with Crippen molar-refractivity contribution in [1.29, 1.82) is 0 Å². The molecule has 14 nitrogen and oxygen atoms in total. The molecule has 18 heteroatoms. The number of sulfonamides is 1. The van der Waals surface area contributed by atoms with Crippen LogP contribution >= 0.6 is 0 Å². The number of nitrogens with one attached hydrogen (secondary N) is 1. The first-order valence-electron chi connectivity index (χ1n) is 13.4. The minimum atomic E-state index is -4.71. The van der Waals surface area contributed by atoms with E-state index in [0.29, 0.717) is 5.56 Å². The summed E-state index contributed by atoms with van der Waals surface area (Å²) >= 11 is 0. The standard InChI is InChI=1S/C27H29F3N6O8S/c1-17-4-6-19(7-5-17)23-16-24(27(28,29)30)31-35(23)21-8-10-22(11-9-21)45(40,41)32-25(37)20-12-14-34(15-13-20)36(39)33-44-18(2)43-26(38)42-3/h4-11,16,18,20H,12-15H2,1-3H3,(H,32,37)/b36-33-. The van der Waals surface area contributed by atoms with Crippen LogP contribution in [0.3, 0.4) is 0 Å². The molecule has 1 unspecified atom stereocenters.